The molecule has 0 radical (unpaired) electrons. The van der Waals surface area contributed by atoms with Crippen molar-refractivity contribution in [1.29, 1.82) is 0 Å². The molecule has 4 nitrogen and oxygen atoms in total. The number of rotatable bonds is 5. The number of thiazole rings is 1. The van der Waals surface area contributed by atoms with Crippen molar-refractivity contribution in [2.24, 2.45) is 5.84 Å². The van der Waals surface area contributed by atoms with Gasteiger partial charge in [0.2, 0.25) is 0 Å². The van der Waals surface area contributed by atoms with E-state index < -0.39 is 0 Å². The maximum atomic E-state index is 5.66. The summed E-state index contributed by atoms with van der Waals surface area (Å²) in [7, 11) is 0. The summed E-state index contributed by atoms with van der Waals surface area (Å²) < 4.78 is 5.50. The Morgan fingerprint density at radius 2 is 2.33 bits per heavy atom. The molecule has 0 aliphatic carbocycles. The van der Waals surface area contributed by atoms with Crippen molar-refractivity contribution >= 4 is 11.3 Å². The summed E-state index contributed by atoms with van der Waals surface area (Å²) in [5.74, 6) is 6.52. The van der Waals surface area contributed by atoms with Gasteiger partial charge in [-0.25, -0.2) is 10.4 Å². The molecular formula is C13H17N3OS. The minimum atomic E-state index is -0.0448. The third-order valence-corrected chi connectivity index (χ3v) is 3.57. The highest BCUT2D eigenvalue weighted by molar-refractivity contribution is 7.11. The number of hydrogen-bond acceptors (Lipinski definition) is 5. The summed E-state index contributed by atoms with van der Waals surface area (Å²) in [5.41, 5.74) is 3.91. The van der Waals surface area contributed by atoms with Crippen LogP contribution in [0.15, 0.2) is 30.5 Å². The molecule has 0 bridgehead atoms. The van der Waals surface area contributed by atoms with E-state index in [9.17, 15) is 0 Å². The van der Waals surface area contributed by atoms with Crippen LogP contribution in [0.25, 0.3) is 0 Å². The predicted molar refractivity (Wildman–Crippen MR) is 73.6 cm³/mol. The van der Waals surface area contributed by atoms with Gasteiger partial charge in [-0.2, -0.15) is 0 Å². The van der Waals surface area contributed by atoms with Gasteiger partial charge in [-0.1, -0.05) is 12.1 Å². The summed E-state index contributed by atoms with van der Waals surface area (Å²) in [6, 6.07) is 7.90. The smallest absolute Gasteiger partial charge is 0.119 e. The van der Waals surface area contributed by atoms with Crippen LogP contribution in [0.1, 0.15) is 28.4 Å². The second-order valence-corrected chi connectivity index (χ2v) is 5.15. The lowest BCUT2D eigenvalue weighted by Crippen LogP contribution is -2.28. The quantitative estimate of drug-likeness (QED) is 0.642. The van der Waals surface area contributed by atoms with E-state index in [1.807, 2.05) is 44.3 Å². The Morgan fingerprint density at radius 3 is 2.94 bits per heavy atom. The SMILES string of the molecule is CCOc1cccc(C(NN)c2cnc(C)s2)c1. The van der Waals surface area contributed by atoms with Gasteiger partial charge in [0.05, 0.1) is 17.7 Å². The third-order valence-electron chi connectivity index (χ3n) is 2.59. The molecule has 18 heavy (non-hydrogen) atoms. The zero-order chi connectivity index (χ0) is 13.0. The Hall–Kier alpha value is -1.43. The molecule has 5 heteroatoms. The molecule has 1 atom stereocenters. The van der Waals surface area contributed by atoms with Gasteiger partial charge in [-0.05, 0) is 31.5 Å². The minimum Gasteiger partial charge on any atom is -0.494 e. The summed E-state index contributed by atoms with van der Waals surface area (Å²) in [5, 5.41) is 1.03. The van der Waals surface area contributed by atoms with Gasteiger partial charge in [0, 0.05) is 11.1 Å². The van der Waals surface area contributed by atoms with Crippen molar-refractivity contribution < 1.29 is 4.74 Å². The molecule has 0 amide bonds. The van der Waals surface area contributed by atoms with E-state index >= 15 is 0 Å². The summed E-state index contributed by atoms with van der Waals surface area (Å²) in [4.78, 5) is 5.36. The van der Waals surface area contributed by atoms with Gasteiger partial charge >= 0.3 is 0 Å². The molecule has 3 N–H and O–H groups in total. The minimum absolute atomic E-state index is 0.0448. The molecule has 2 aromatic rings. The Balaban J connectivity index is 2.29. The fourth-order valence-electron chi connectivity index (χ4n) is 1.80. The average Bonchev–Trinajstić information content (AvgIpc) is 2.78. The lowest BCUT2D eigenvalue weighted by Gasteiger charge is -2.15. The van der Waals surface area contributed by atoms with Crippen LogP contribution in [-0.4, -0.2) is 11.6 Å². The van der Waals surface area contributed by atoms with Crippen molar-refractivity contribution in [3.63, 3.8) is 0 Å². The normalized spacial score (nSPS) is 12.4. The number of benzene rings is 1. The Labute approximate surface area is 111 Å². The van der Waals surface area contributed by atoms with Crippen molar-refractivity contribution in [3.05, 3.63) is 45.9 Å². The van der Waals surface area contributed by atoms with Crippen LogP contribution in [0, 0.1) is 6.92 Å². The molecular weight excluding hydrogens is 246 g/mol. The Morgan fingerprint density at radius 1 is 1.50 bits per heavy atom. The van der Waals surface area contributed by atoms with Gasteiger partial charge in [0.25, 0.3) is 0 Å². The second kappa shape index (κ2) is 5.95. The summed E-state index contributed by atoms with van der Waals surface area (Å²) >= 11 is 1.64. The second-order valence-electron chi connectivity index (χ2n) is 3.89. The molecule has 0 saturated carbocycles. The first-order chi connectivity index (χ1) is 8.74. The van der Waals surface area contributed by atoms with Crippen LogP contribution in [0.2, 0.25) is 0 Å². The number of hydrogen-bond donors (Lipinski definition) is 2. The number of hydrazine groups is 1. The fraction of sp³-hybridized carbons (Fsp3) is 0.308. The third kappa shape index (κ3) is 2.87. The Kier molecular flexibility index (Phi) is 4.30. The van der Waals surface area contributed by atoms with Gasteiger partial charge in [-0.3, -0.25) is 5.84 Å². The first kappa shape index (κ1) is 13.0. The van der Waals surface area contributed by atoms with Crippen LogP contribution in [-0.2, 0) is 0 Å². The van der Waals surface area contributed by atoms with Crippen molar-refractivity contribution in [3.8, 4) is 5.75 Å². The van der Waals surface area contributed by atoms with Crippen LogP contribution < -0.4 is 16.0 Å². The molecule has 96 valence electrons. The maximum absolute atomic E-state index is 5.66. The molecule has 1 aromatic heterocycles. The average molecular weight is 263 g/mol. The van der Waals surface area contributed by atoms with Crippen LogP contribution in [0.5, 0.6) is 5.75 Å². The molecule has 1 heterocycles. The number of nitrogens with zero attached hydrogens (tertiary/aromatic N) is 1. The number of nitrogens with one attached hydrogen (secondary N) is 1. The van der Waals surface area contributed by atoms with Crippen molar-refractivity contribution in [1.82, 2.24) is 10.4 Å². The van der Waals surface area contributed by atoms with Crippen LogP contribution in [0.3, 0.4) is 0 Å². The number of ether oxygens (including phenoxy) is 1. The molecule has 1 aromatic carbocycles. The molecule has 0 aliphatic heterocycles. The van der Waals surface area contributed by atoms with E-state index in [2.05, 4.69) is 10.4 Å². The van der Waals surface area contributed by atoms with E-state index in [0.717, 1.165) is 21.2 Å². The first-order valence-electron chi connectivity index (χ1n) is 5.85. The molecule has 1 unspecified atom stereocenters. The van der Waals surface area contributed by atoms with Gasteiger partial charge < -0.3 is 4.74 Å². The van der Waals surface area contributed by atoms with Gasteiger partial charge in [-0.15, -0.1) is 11.3 Å². The first-order valence-corrected chi connectivity index (χ1v) is 6.67. The maximum Gasteiger partial charge on any atom is 0.119 e. The summed E-state index contributed by atoms with van der Waals surface area (Å²) in [6.45, 7) is 4.61. The zero-order valence-electron chi connectivity index (χ0n) is 10.5. The molecule has 0 fully saturated rings. The summed E-state index contributed by atoms with van der Waals surface area (Å²) in [6.07, 6.45) is 1.86. The van der Waals surface area contributed by atoms with E-state index in [1.165, 1.54) is 0 Å². The zero-order valence-corrected chi connectivity index (χ0v) is 11.3. The van der Waals surface area contributed by atoms with Crippen LogP contribution in [0.4, 0.5) is 0 Å². The van der Waals surface area contributed by atoms with Crippen molar-refractivity contribution in [2.75, 3.05) is 6.61 Å². The van der Waals surface area contributed by atoms with Gasteiger partial charge in [0.15, 0.2) is 0 Å². The number of nitrogens with two attached hydrogens (primary N) is 1. The van der Waals surface area contributed by atoms with Crippen molar-refractivity contribution in [2.45, 2.75) is 19.9 Å². The van der Waals surface area contributed by atoms with Crippen LogP contribution >= 0.6 is 11.3 Å². The van der Waals surface area contributed by atoms with Gasteiger partial charge in [0.1, 0.15) is 5.75 Å². The predicted octanol–water partition coefficient (Wildman–Crippen LogP) is 2.40. The van der Waals surface area contributed by atoms with E-state index in [-0.39, 0.29) is 6.04 Å². The van der Waals surface area contributed by atoms with E-state index in [1.54, 1.807) is 11.3 Å². The van der Waals surface area contributed by atoms with E-state index in [4.69, 9.17) is 10.6 Å². The number of aromatic nitrogens is 1. The standard InChI is InChI=1S/C13H17N3OS/c1-3-17-11-6-4-5-10(7-11)13(16-14)12-8-15-9(2)18-12/h4-8,13,16H,3,14H2,1-2H3. The topological polar surface area (TPSA) is 60.2 Å². The molecule has 0 spiro atoms. The highest BCUT2D eigenvalue weighted by Gasteiger charge is 2.15. The molecule has 2 rings (SSSR count). The Bertz CT molecular complexity index is 512. The molecule has 0 aliphatic rings. The van der Waals surface area contributed by atoms with E-state index in [0.29, 0.717) is 6.61 Å². The highest BCUT2D eigenvalue weighted by atomic mass is 32.1. The molecule has 0 saturated heterocycles. The lowest BCUT2D eigenvalue weighted by atomic mass is 10.1. The lowest BCUT2D eigenvalue weighted by molar-refractivity contribution is 0.339. The fourth-order valence-corrected chi connectivity index (χ4v) is 2.68. The monoisotopic (exact) mass is 263 g/mol. The number of aryl methyl sites for hydroxylation is 1. The largest absolute Gasteiger partial charge is 0.494 e. The highest BCUT2D eigenvalue weighted by Crippen LogP contribution is 2.28.